The first-order valence-electron chi connectivity index (χ1n) is 7.60. The normalized spacial score (nSPS) is 22.4. The van der Waals surface area contributed by atoms with Crippen LogP contribution in [0.4, 0.5) is 0 Å². The van der Waals surface area contributed by atoms with Gasteiger partial charge in [0.05, 0.1) is 23.8 Å². The fraction of sp³-hybridized carbons (Fsp3) is 0.733. The second-order valence-corrected chi connectivity index (χ2v) is 6.55. The van der Waals surface area contributed by atoms with Crippen molar-refractivity contribution in [3.05, 3.63) is 16.4 Å². The zero-order valence-corrected chi connectivity index (χ0v) is 14.4. The maximum Gasteiger partial charge on any atom is 0.189 e. The Morgan fingerprint density at radius 2 is 2.43 bits per heavy atom. The lowest BCUT2D eigenvalue weighted by atomic mass is 9.72. The maximum atomic E-state index is 13.2. The van der Waals surface area contributed by atoms with Crippen LogP contribution in [0.5, 0.6) is 0 Å². The number of nitrogens with one attached hydrogen (secondary N) is 1. The van der Waals surface area contributed by atoms with Crippen LogP contribution in [0.15, 0.2) is 10.7 Å². The van der Waals surface area contributed by atoms with Crippen molar-refractivity contribution in [3.63, 3.8) is 0 Å². The van der Waals surface area contributed by atoms with Crippen molar-refractivity contribution in [2.45, 2.75) is 39.2 Å². The average molecular weight is 358 g/mol. The number of aromatic nitrogens is 2. The van der Waals surface area contributed by atoms with Crippen LogP contribution in [0, 0.1) is 5.41 Å². The lowest BCUT2D eigenvalue weighted by Gasteiger charge is -2.36. The molecule has 1 unspecified atom stereocenters. The molecule has 21 heavy (non-hydrogen) atoms. The molecule has 2 heterocycles. The van der Waals surface area contributed by atoms with Crippen molar-refractivity contribution < 1.29 is 9.53 Å². The molecule has 0 saturated carbocycles. The minimum Gasteiger partial charge on any atom is -0.383 e. The van der Waals surface area contributed by atoms with Crippen LogP contribution in [-0.4, -0.2) is 42.4 Å². The van der Waals surface area contributed by atoms with Crippen LogP contribution in [0.1, 0.15) is 43.1 Å². The third kappa shape index (κ3) is 3.55. The van der Waals surface area contributed by atoms with Gasteiger partial charge in [-0.2, -0.15) is 5.10 Å². The van der Waals surface area contributed by atoms with E-state index in [1.807, 2.05) is 0 Å². The minimum absolute atomic E-state index is 0.206. The van der Waals surface area contributed by atoms with E-state index >= 15 is 0 Å². The molecule has 1 aromatic rings. The summed E-state index contributed by atoms with van der Waals surface area (Å²) in [5, 5.41) is 7.70. The number of carbonyl (C=O) groups excluding carboxylic acids is 1. The van der Waals surface area contributed by atoms with Crippen molar-refractivity contribution in [1.29, 1.82) is 0 Å². The van der Waals surface area contributed by atoms with E-state index in [1.165, 1.54) is 0 Å². The Hall–Kier alpha value is -0.720. The van der Waals surface area contributed by atoms with E-state index < -0.39 is 0 Å². The van der Waals surface area contributed by atoms with Gasteiger partial charge >= 0.3 is 0 Å². The molecular formula is C15H24BrN3O2. The largest absolute Gasteiger partial charge is 0.383 e. The molecule has 1 aliphatic heterocycles. The van der Waals surface area contributed by atoms with E-state index in [2.05, 4.69) is 33.3 Å². The Morgan fingerprint density at radius 1 is 1.62 bits per heavy atom. The van der Waals surface area contributed by atoms with Crippen molar-refractivity contribution in [2.24, 2.45) is 5.41 Å². The van der Waals surface area contributed by atoms with E-state index in [0.29, 0.717) is 18.8 Å². The van der Waals surface area contributed by atoms with Gasteiger partial charge < -0.3 is 10.1 Å². The van der Waals surface area contributed by atoms with Crippen LogP contribution in [-0.2, 0) is 11.3 Å². The van der Waals surface area contributed by atoms with Gasteiger partial charge in [-0.1, -0.05) is 13.3 Å². The minimum atomic E-state index is -0.291. The molecule has 0 aliphatic carbocycles. The summed E-state index contributed by atoms with van der Waals surface area (Å²) in [4.78, 5) is 13.2. The Morgan fingerprint density at radius 3 is 3.05 bits per heavy atom. The van der Waals surface area contributed by atoms with Crippen molar-refractivity contribution in [3.8, 4) is 0 Å². The SMILES string of the molecule is CCCC1(C(=O)c2c(Br)cnn2CCOC)CCCNC1. The summed E-state index contributed by atoms with van der Waals surface area (Å²) in [6.45, 7) is 5.05. The lowest BCUT2D eigenvalue weighted by molar-refractivity contribution is 0.0701. The summed E-state index contributed by atoms with van der Waals surface area (Å²) < 4.78 is 7.66. The Bertz CT molecular complexity index is 476. The third-order valence-corrected chi connectivity index (χ3v) is 4.78. The number of Topliss-reactive ketones (excluding diaryl/α,β-unsaturated/α-hetero) is 1. The molecule has 1 N–H and O–H groups in total. The summed E-state index contributed by atoms with van der Waals surface area (Å²) in [6.07, 6.45) is 5.64. The predicted octanol–water partition coefficient (Wildman–Crippen LogP) is 2.64. The Labute approximate surface area is 134 Å². The van der Waals surface area contributed by atoms with Crippen molar-refractivity contribution in [1.82, 2.24) is 15.1 Å². The van der Waals surface area contributed by atoms with E-state index in [0.717, 1.165) is 43.2 Å². The monoisotopic (exact) mass is 357 g/mol. The first kappa shape index (κ1) is 16.6. The topological polar surface area (TPSA) is 56.2 Å². The number of methoxy groups -OCH3 is 1. The molecule has 1 saturated heterocycles. The number of hydrogen-bond acceptors (Lipinski definition) is 4. The van der Waals surface area contributed by atoms with Crippen LogP contribution < -0.4 is 5.32 Å². The molecule has 118 valence electrons. The molecule has 0 radical (unpaired) electrons. The van der Waals surface area contributed by atoms with Crippen LogP contribution >= 0.6 is 15.9 Å². The standard InChI is InChI=1S/C15H24BrN3O2/c1-3-5-15(6-4-7-17-11-15)14(20)13-12(16)10-18-19(13)8-9-21-2/h10,17H,3-9,11H2,1-2H3. The Balaban J connectivity index is 2.30. The number of halogens is 1. The van der Waals surface area contributed by atoms with Gasteiger partial charge in [-0.3, -0.25) is 9.48 Å². The molecule has 0 spiro atoms. The summed E-state index contributed by atoms with van der Waals surface area (Å²) in [7, 11) is 1.66. The molecule has 5 nitrogen and oxygen atoms in total. The molecule has 0 aromatic carbocycles. The zero-order valence-electron chi connectivity index (χ0n) is 12.8. The molecule has 2 rings (SSSR count). The van der Waals surface area contributed by atoms with E-state index in [1.54, 1.807) is 18.0 Å². The van der Waals surface area contributed by atoms with E-state index in [-0.39, 0.29) is 11.2 Å². The highest BCUT2D eigenvalue weighted by atomic mass is 79.9. The smallest absolute Gasteiger partial charge is 0.189 e. The number of rotatable bonds is 7. The zero-order chi connectivity index (χ0) is 15.3. The van der Waals surface area contributed by atoms with Crippen LogP contribution in [0.2, 0.25) is 0 Å². The molecule has 1 aliphatic rings. The second-order valence-electron chi connectivity index (χ2n) is 5.70. The lowest BCUT2D eigenvalue weighted by Crippen LogP contribution is -2.46. The van der Waals surface area contributed by atoms with Crippen LogP contribution in [0.25, 0.3) is 0 Å². The highest BCUT2D eigenvalue weighted by Crippen LogP contribution is 2.37. The fourth-order valence-corrected chi connectivity index (χ4v) is 3.63. The quantitative estimate of drug-likeness (QED) is 0.762. The molecular weight excluding hydrogens is 334 g/mol. The molecule has 0 amide bonds. The number of carbonyl (C=O) groups is 1. The first-order chi connectivity index (χ1) is 10.1. The second kappa shape index (κ2) is 7.51. The number of piperidine rings is 1. The summed E-state index contributed by atoms with van der Waals surface area (Å²) in [6, 6.07) is 0. The number of hydrogen-bond donors (Lipinski definition) is 1. The molecule has 1 atom stereocenters. The molecule has 0 bridgehead atoms. The highest BCUT2D eigenvalue weighted by molar-refractivity contribution is 9.10. The van der Waals surface area contributed by atoms with Gasteiger partial charge in [-0.15, -0.1) is 0 Å². The highest BCUT2D eigenvalue weighted by Gasteiger charge is 2.41. The fourth-order valence-electron chi connectivity index (χ4n) is 3.15. The molecule has 1 fully saturated rings. The van der Waals surface area contributed by atoms with Gasteiger partial charge in [-0.25, -0.2) is 0 Å². The predicted molar refractivity (Wildman–Crippen MR) is 85.6 cm³/mol. The number of ketones is 1. The van der Waals surface area contributed by atoms with E-state index in [4.69, 9.17) is 4.74 Å². The molecule has 1 aromatic heterocycles. The summed E-state index contributed by atoms with van der Waals surface area (Å²) in [5.74, 6) is 0.206. The van der Waals surface area contributed by atoms with Gasteiger partial charge in [0, 0.05) is 19.1 Å². The van der Waals surface area contributed by atoms with Gasteiger partial charge in [0.1, 0.15) is 5.69 Å². The van der Waals surface area contributed by atoms with Gasteiger partial charge in [0.25, 0.3) is 0 Å². The van der Waals surface area contributed by atoms with Crippen molar-refractivity contribution in [2.75, 3.05) is 26.8 Å². The summed E-state index contributed by atoms with van der Waals surface area (Å²) in [5.41, 5.74) is 0.393. The van der Waals surface area contributed by atoms with Crippen LogP contribution in [0.3, 0.4) is 0 Å². The number of nitrogens with zero attached hydrogens (tertiary/aromatic N) is 2. The van der Waals surface area contributed by atoms with Crippen molar-refractivity contribution >= 4 is 21.7 Å². The van der Waals surface area contributed by atoms with Gasteiger partial charge in [-0.05, 0) is 41.7 Å². The number of ether oxygens (including phenoxy) is 1. The first-order valence-corrected chi connectivity index (χ1v) is 8.39. The van der Waals surface area contributed by atoms with E-state index in [9.17, 15) is 4.79 Å². The van der Waals surface area contributed by atoms with Gasteiger partial charge in [0.15, 0.2) is 5.78 Å². The average Bonchev–Trinajstić information content (AvgIpc) is 2.86. The third-order valence-electron chi connectivity index (χ3n) is 4.20. The Kier molecular flexibility index (Phi) is 5.96. The van der Waals surface area contributed by atoms with Gasteiger partial charge in [0.2, 0.25) is 0 Å². The molecule has 6 heteroatoms. The maximum absolute atomic E-state index is 13.2. The summed E-state index contributed by atoms with van der Waals surface area (Å²) >= 11 is 3.49.